The van der Waals surface area contributed by atoms with Crippen molar-refractivity contribution in [1.82, 2.24) is 5.32 Å². The average Bonchev–Trinajstić information content (AvgIpc) is 2.59. The van der Waals surface area contributed by atoms with Gasteiger partial charge in [-0.25, -0.2) is 0 Å². The van der Waals surface area contributed by atoms with E-state index in [1.54, 1.807) is 12.1 Å². The maximum absolute atomic E-state index is 12.1. The predicted molar refractivity (Wildman–Crippen MR) is 96.6 cm³/mol. The second kappa shape index (κ2) is 9.24. The van der Waals surface area contributed by atoms with Crippen molar-refractivity contribution in [2.45, 2.75) is 32.7 Å². The minimum Gasteiger partial charge on any atom is -0.352 e. The lowest BCUT2D eigenvalue weighted by Gasteiger charge is -2.11. The van der Waals surface area contributed by atoms with Crippen molar-refractivity contribution in [2.24, 2.45) is 0 Å². The van der Waals surface area contributed by atoms with Crippen LogP contribution >= 0.6 is 0 Å². The molecule has 0 radical (unpaired) electrons. The van der Waals surface area contributed by atoms with Gasteiger partial charge in [0, 0.05) is 18.7 Å². The highest BCUT2D eigenvalue weighted by Crippen LogP contribution is 2.15. The van der Waals surface area contributed by atoms with E-state index in [0.717, 1.165) is 11.1 Å². The summed E-state index contributed by atoms with van der Waals surface area (Å²) >= 11 is 0. The quantitative estimate of drug-likeness (QED) is 0.816. The monoisotopic (exact) mass is 335 g/mol. The first kappa shape index (κ1) is 18.2. The van der Waals surface area contributed by atoms with Crippen LogP contribution in [0, 0.1) is 18.3 Å². The third kappa shape index (κ3) is 6.11. The zero-order valence-corrected chi connectivity index (χ0v) is 14.2. The van der Waals surface area contributed by atoms with Crippen LogP contribution in [0.25, 0.3) is 0 Å². The molecular weight excluding hydrogens is 314 g/mol. The zero-order valence-electron chi connectivity index (χ0n) is 14.2. The topological polar surface area (TPSA) is 82.0 Å². The van der Waals surface area contributed by atoms with Crippen molar-refractivity contribution in [3.05, 3.63) is 65.2 Å². The molecule has 0 spiro atoms. The first-order valence-corrected chi connectivity index (χ1v) is 8.15. The maximum Gasteiger partial charge on any atom is 0.238 e. The minimum absolute atomic E-state index is 0.0420. The van der Waals surface area contributed by atoms with Gasteiger partial charge in [-0.3, -0.25) is 9.59 Å². The van der Waals surface area contributed by atoms with Crippen molar-refractivity contribution in [2.75, 3.05) is 5.32 Å². The van der Waals surface area contributed by atoms with Crippen molar-refractivity contribution in [3.63, 3.8) is 0 Å². The van der Waals surface area contributed by atoms with Gasteiger partial charge >= 0.3 is 0 Å². The molecule has 2 aromatic rings. The van der Waals surface area contributed by atoms with E-state index in [0.29, 0.717) is 25.1 Å². The summed E-state index contributed by atoms with van der Waals surface area (Å²) in [6, 6.07) is 17.1. The molecule has 0 atom stereocenters. The molecule has 5 nitrogen and oxygen atoms in total. The van der Waals surface area contributed by atoms with E-state index < -0.39 is 0 Å². The van der Waals surface area contributed by atoms with Crippen LogP contribution in [-0.2, 0) is 22.6 Å². The highest BCUT2D eigenvalue weighted by Gasteiger charge is 2.08. The Hall–Kier alpha value is -3.13. The van der Waals surface area contributed by atoms with Gasteiger partial charge in [0.05, 0.1) is 6.07 Å². The number of rotatable bonds is 7. The first-order chi connectivity index (χ1) is 12.1. The summed E-state index contributed by atoms with van der Waals surface area (Å²) in [5.74, 6) is -0.402. The molecule has 5 heteroatoms. The highest BCUT2D eigenvalue weighted by molar-refractivity contribution is 5.92. The van der Waals surface area contributed by atoms with E-state index in [1.165, 1.54) is 5.56 Å². The van der Waals surface area contributed by atoms with Crippen molar-refractivity contribution in [1.29, 1.82) is 5.26 Å². The molecule has 0 saturated carbocycles. The molecule has 0 heterocycles. The van der Waals surface area contributed by atoms with E-state index >= 15 is 0 Å². The van der Waals surface area contributed by atoms with E-state index in [1.807, 2.05) is 43.3 Å². The van der Waals surface area contributed by atoms with E-state index in [9.17, 15) is 9.59 Å². The van der Waals surface area contributed by atoms with Gasteiger partial charge in [0.15, 0.2) is 0 Å². The SMILES string of the molecule is Cc1cccc(CCC(=O)NCc2ccccc2NC(=O)CC#N)c1. The number of nitrogens with one attached hydrogen (secondary N) is 2. The Morgan fingerprint density at radius 3 is 2.64 bits per heavy atom. The summed E-state index contributed by atoms with van der Waals surface area (Å²) in [4.78, 5) is 23.6. The first-order valence-electron chi connectivity index (χ1n) is 8.15. The molecule has 0 saturated heterocycles. The summed E-state index contributed by atoms with van der Waals surface area (Å²) in [6.07, 6.45) is 0.900. The molecular formula is C20H21N3O2. The Balaban J connectivity index is 1.87. The summed E-state index contributed by atoms with van der Waals surface area (Å²) in [6.45, 7) is 2.36. The molecule has 0 bridgehead atoms. The Labute approximate surface area is 147 Å². The summed E-state index contributed by atoms with van der Waals surface area (Å²) in [5, 5.41) is 14.1. The summed E-state index contributed by atoms with van der Waals surface area (Å²) in [5.41, 5.74) is 3.73. The number of carbonyl (C=O) groups excluding carboxylic acids is 2. The van der Waals surface area contributed by atoms with Crippen LogP contribution in [-0.4, -0.2) is 11.8 Å². The minimum atomic E-state index is -0.360. The number of nitrogens with zero attached hydrogens (tertiary/aromatic N) is 1. The second-order valence-electron chi connectivity index (χ2n) is 5.81. The van der Waals surface area contributed by atoms with Crippen LogP contribution in [0.2, 0.25) is 0 Å². The molecule has 0 aromatic heterocycles. The molecule has 25 heavy (non-hydrogen) atoms. The number of anilines is 1. The van der Waals surface area contributed by atoms with Crippen LogP contribution in [0.5, 0.6) is 0 Å². The second-order valence-corrected chi connectivity index (χ2v) is 5.81. The van der Waals surface area contributed by atoms with Gasteiger partial charge < -0.3 is 10.6 Å². The Bertz CT molecular complexity index is 794. The maximum atomic E-state index is 12.1. The fourth-order valence-electron chi connectivity index (χ4n) is 2.47. The van der Waals surface area contributed by atoms with Gasteiger partial charge in [-0.1, -0.05) is 48.0 Å². The molecule has 0 aliphatic carbocycles. The van der Waals surface area contributed by atoms with Gasteiger partial charge in [0.1, 0.15) is 6.42 Å². The number of carbonyl (C=O) groups is 2. The number of nitriles is 1. The van der Waals surface area contributed by atoms with Crippen molar-refractivity contribution in [3.8, 4) is 6.07 Å². The van der Waals surface area contributed by atoms with Crippen molar-refractivity contribution >= 4 is 17.5 Å². The molecule has 0 fully saturated rings. The molecule has 0 aliphatic rings. The van der Waals surface area contributed by atoms with Crippen LogP contribution < -0.4 is 10.6 Å². The Morgan fingerprint density at radius 1 is 1.08 bits per heavy atom. The van der Waals surface area contributed by atoms with Crippen LogP contribution in [0.3, 0.4) is 0 Å². The molecule has 2 aromatic carbocycles. The van der Waals surface area contributed by atoms with E-state index in [2.05, 4.69) is 16.7 Å². The number of benzene rings is 2. The standard InChI is InChI=1S/C20H21N3O2/c1-15-5-4-6-16(13-15)9-10-19(24)22-14-17-7-2-3-8-18(17)23-20(25)11-12-21/h2-8,13H,9-11,14H2,1H3,(H,22,24)(H,23,25). The lowest BCUT2D eigenvalue weighted by molar-refractivity contribution is -0.121. The molecule has 2 N–H and O–H groups in total. The lowest BCUT2D eigenvalue weighted by atomic mass is 10.1. The predicted octanol–water partition coefficient (Wildman–Crippen LogP) is 3.10. The van der Waals surface area contributed by atoms with Crippen molar-refractivity contribution < 1.29 is 9.59 Å². The largest absolute Gasteiger partial charge is 0.352 e. The highest BCUT2D eigenvalue weighted by atomic mass is 16.2. The average molecular weight is 335 g/mol. The number of para-hydroxylation sites is 1. The lowest BCUT2D eigenvalue weighted by Crippen LogP contribution is -2.24. The Kier molecular flexibility index (Phi) is 6.73. The fourth-order valence-corrected chi connectivity index (χ4v) is 2.47. The number of hydrogen-bond acceptors (Lipinski definition) is 3. The van der Waals surface area contributed by atoms with Gasteiger partial charge in [0.2, 0.25) is 11.8 Å². The van der Waals surface area contributed by atoms with Crippen LogP contribution in [0.1, 0.15) is 29.5 Å². The fraction of sp³-hybridized carbons (Fsp3) is 0.250. The van der Waals surface area contributed by atoms with Gasteiger partial charge in [-0.2, -0.15) is 5.26 Å². The van der Waals surface area contributed by atoms with E-state index in [4.69, 9.17) is 5.26 Å². The molecule has 2 amide bonds. The molecule has 0 aliphatic heterocycles. The Morgan fingerprint density at radius 2 is 1.88 bits per heavy atom. The molecule has 0 unspecified atom stereocenters. The zero-order chi connectivity index (χ0) is 18.1. The van der Waals surface area contributed by atoms with Gasteiger partial charge in [-0.15, -0.1) is 0 Å². The number of amides is 2. The molecule has 128 valence electrons. The van der Waals surface area contributed by atoms with Crippen LogP contribution in [0.15, 0.2) is 48.5 Å². The smallest absolute Gasteiger partial charge is 0.238 e. The summed E-state index contributed by atoms with van der Waals surface area (Å²) < 4.78 is 0. The normalized spacial score (nSPS) is 9.92. The van der Waals surface area contributed by atoms with E-state index in [-0.39, 0.29) is 18.2 Å². The number of aryl methyl sites for hydroxylation is 2. The number of hydrogen-bond donors (Lipinski definition) is 2. The third-order valence-corrected chi connectivity index (χ3v) is 3.73. The summed E-state index contributed by atoms with van der Waals surface area (Å²) in [7, 11) is 0. The third-order valence-electron chi connectivity index (χ3n) is 3.73. The molecule has 2 rings (SSSR count). The van der Waals surface area contributed by atoms with Crippen LogP contribution in [0.4, 0.5) is 5.69 Å². The van der Waals surface area contributed by atoms with Gasteiger partial charge in [-0.05, 0) is 30.5 Å². The van der Waals surface area contributed by atoms with Gasteiger partial charge in [0.25, 0.3) is 0 Å².